The first-order chi connectivity index (χ1) is 19.9. The van der Waals surface area contributed by atoms with Crippen LogP contribution >= 0.6 is 0 Å². The zero-order chi connectivity index (χ0) is 29.9. The number of halogens is 3. The van der Waals surface area contributed by atoms with Crippen molar-refractivity contribution in [3.05, 3.63) is 76.4 Å². The number of alkyl halides is 3. The third kappa shape index (κ3) is 4.87. The largest absolute Gasteiger partial charge is 0.416 e. The number of aryl methyl sites for hydroxylation is 1. The van der Waals surface area contributed by atoms with Gasteiger partial charge in [-0.25, -0.2) is 0 Å². The van der Waals surface area contributed by atoms with Gasteiger partial charge in [-0.2, -0.15) is 13.2 Å². The highest BCUT2D eigenvalue weighted by atomic mass is 19.4. The van der Waals surface area contributed by atoms with Crippen LogP contribution in [0.1, 0.15) is 84.4 Å². The first kappa shape index (κ1) is 28.4. The monoisotopic (exact) mass is 580 g/mol. The molecule has 2 aliphatic heterocycles. The fraction of sp³-hybridized carbons (Fsp3) is 0.484. The molecule has 3 aromatic rings. The van der Waals surface area contributed by atoms with Crippen LogP contribution in [0.25, 0.3) is 0 Å². The fourth-order valence-corrected chi connectivity index (χ4v) is 6.76. The van der Waals surface area contributed by atoms with Gasteiger partial charge in [0.05, 0.1) is 17.5 Å². The van der Waals surface area contributed by atoms with E-state index >= 15 is 0 Å². The Bertz CT molecular complexity index is 1540. The summed E-state index contributed by atoms with van der Waals surface area (Å²) in [6, 6.07) is 10.2. The Morgan fingerprint density at radius 1 is 1.10 bits per heavy atom. The van der Waals surface area contributed by atoms with Crippen molar-refractivity contribution in [2.24, 2.45) is 7.05 Å². The highest BCUT2D eigenvalue weighted by Crippen LogP contribution is 2.44. The molecule has 2 fully saturated rings. The van der Waals surface area contributed by atoms with Crippen molar-refractivity contribution in [2.75, 3.05) is 18.0 Å². The summed E-state index contributed by atoms with van der Waals surface area (Å²) in [5.74, 6) is 0.312. The average molecular weight is 581 g/mol. The van der Waals surface area contributed by atoms with Gasteiger partial charge in [-0.15, -0.1) is 10.2 Å². The molecule has 2 aromatic carbocycles. The molecule has 222 valence electrons. The van der Waals surface area contributed by atoms with Crippen molar-refractivity contribution >= 4 is 17.5 Å². The second-order valence-corrected chi connectivity index (χ2v) is 12.2. The standard InChI is InChI=1S/C31H35F3N6O2/c1-20(41)39-12-10-30(11-13-39,28-37-36-19-38(28)3)22-6-4-7-23(16-22)40-18-25-24(27(40)42)14-21(15-26(25)31(32,33)34)17-35-29(2)8-5-9-29/h4,6-7,14-16,19,35H,5,8-13,17-18H2,1-3H3. The summed E-state index contributed by atoms with van der Waals surface area (Å²) in [7, 11) is 1.87. The van der Waals surface area contributed by atoms with Gasteiger partial charge in [0, 0.05) is 50.4 Å². The second-order valence-electron chi connectivity index (χ2n) is 12.2. The number of aromatic nitrogens is 3. The third-order valence-corrected chi connectivity index (χ3v) is 9.50. The van der Waals surface area contributed by atoms with E-state index < -0.39 is 23.1 Å². The zero-order valence-electron chi connectivity index (χ0n) is 24.1. The number of rotatable bonds is 6. The second kappa shape index (κ2) is 10.2. The minimum absolute atomic E-state index is 0.00701. The quantitative estimate of drug-likeness (QED) is 0.446. The number of fused-ring (bicyclic) bond motifs is 1. The van der Waals surface area contributed by atoms with Crippen molar-refractivity contribution in [2.45, 2.75) is 76.2 Å². The van der Waals surface area contributed by atoms with Gasteiger partial charge < -0.3 is 19.7 Å². The Morgan fingerprint density at radius 3 is 2.43 bits per heavy atom. The summed E-state index contributed by atoms with van der Waals surface area (Å²) in [5, 5.41) is 11.9. The van der Waals surface area contributed by atoms with Crippen LogP contribution in [0.5, 0.6) is 0 Å². The van der Waals surface area contributed by atoms with Crippen molar-refractivity contribution in [3.8, 4) is 0 Å². The number of carbonyl (C=O) groups is 2. The number of hydrogen-bond acceptors (Lipinski definition) is 5. The fourth-order valence-electron chi connectivity index (χ4n) is 6.76. The molecule has 3 aliphatic rings. The number of likely N-dealkylation sites (tertiary alicyclic amines) is 1. The normalized spacial score (nSPS) is 19.5. The van der Waals surface area contributed by atoms with Crippen LogP contribution in [-0.2, 0) is 36.5 Å². The summed E-state index contributed by atoms with van der Waals surface area (Å²) >= 11 is 0. The Labute approximate surface area is 242 Å². The van der Waals surface area contributed by atoms with Gasteiger partial charge in [-0.3, -0.25) is 9.59 Å². The van der Waals surface area contributed by atoms with Crippen LogP contribution in [0.15, 0.2) is 42.7 Å². The molecule has 3 heterocycles. The number of nitrogens with zero attached hydrogens (tertiary/aromatic N) is 5. The molecule has 0 unspecified atom stereocenters. The Balaban J connectivity index is 1.35. The predicted molar refractivity (Wildman–Crippen MR) is 151 cm³/mol. The van der Waals surface area contributed by atoms with E-state index in [1.807, 2.05) is 29.8 Å². The molecule has 6 rings (SSSR count). The average Bonchev–Trinajstić information content (AvgIpc) is 3.53. The van der Waals surface area contributed by atoms with Crippen LogP contribution in [0.2, 0.25) is 0 Å². The molecule has 8 nitrogen and oxygen atoms in total. The van der Waals surface area contributed by atoms with E-state index in [4.69, 9.17) is 0 Å². The van der Waals surface area contributed by atoms with Crippen LogP contribution in [-0.4, -0.2) is 50.1 Å². The van der Waals surface area contributed by atoms with Crippen molar-refractivity contribution < 1.29 is 22.8 Å². The lowest BCUT2D eigenvalue weighted by Gasteiger charge is -2.41. The zero-order valence-corrected chi connectivity index (χ0v) is 24.1. The molecule has 1 saturated heterocycles. The first-order valence-corrected chi connectivity index (χ1v) is 14.4. The molecule has 0 spiro atoms. The number of anilines is 1. The van der Waals surface area contributed by atoms with Crippen LogP contribution < -0.4 is 10.2 Å². The molecule has 1 N–H and O–H groups in total. The van der Waals surface area contributed by atoms with Crippen molar-refractivity contribution in [3.63, 3.8) is 0 Å². The highest BCUT2D eigenvalue weighted by Gasteiger charge is 2.44. The van der Waals surface area contributed by atoms with Gasteiger partial charge in [0.25, 0.3) is 5.91 Å². The molecule has 1 aliphatic carbocycles. The number of hydrogen-bond donors (Lipinski definition) is 1. The molecule has 1 saturated carbocycles. The third-order valence-electron chi connectivity index (χ3n) is 9.50. The van der Waals surface area contributed by atoms with E-state index in [-0.39, 0.29) is 35.7 Å². The van der Waals surface area contributed by atoms with Gasteiger partial charge in [0.1, 0.15) is 12.2 Å². The Hall–Kier alpha value is -3.73. The van der Waals surface area contributed by atoms with Crippen LogP contribution in [0, 0.1) is 0 Å². The lowest BCUT2D eigenvalue weighted by molar-refractivity contribution is -0.138. The summed E-state index contributed by atoms with van der Waals surface area (Å²) in [6.45, 7) is 4.81. The molecule has 0 bridgehead atoms. The molecule has 11 heteroatoms. The molecule has 2 amide bonds. The smallest absolute Gasteiger partial charge is 0.343 e. The Morgan fingerprint density at radius 2 is 1.83 bits per heavy atom. The van der Waals surface area contributed by atoms with Crippen molar-refractivity contribution in [1.29, 1.82) is 0 Å². The maximum Gasteiger partial charge on any atom is 0.416 e. The summed E-state index contributed by atoms with van der Waals surface area (Å²) in [6.07, 6.45) is 1.31. The molecular formula is C31H35F3N6O2. The van der Waals surface area contributed by atoms with Gasteiger partial charge in [-0.05, 0) is 80.0 Å². The van der Waals surface area contributed by atoms with Gasteiger partial charge in [0.2, 0.25) is 5.91 Å². The number of benzene rings is 2. The maximum absolute atomic E-state index is 14.3. The molecule has 42 heavy (non-hydrogen) atoms. The minimum atomic E-state index is -4.58. The summed E-state index contributed by atoms with van der Waals surface area (Å²) in [4.78, 5) is 29.0. The molecule has 0 atom stereocenters. The Kier molecular flexibility index (Phi) is 6.91. The van der Waals surface area contributed by atoms with Gasteiger partial charge >= 0.3 is 6.18 Å². The lowest BCUT2D eigenvalue weighted by atomic mass is 9.71. The van der Waals surface area contributed by atoms with E-state index in [1.165, 1.54) is 11.0 Å². The van der Waals surface area contributed by atoms with Gasteiger partial charge in [-0.1, -0.05) is 12.1 Å². The number of nitrogens with one attached hydrogen (secondary N) is 1. The predicted octanol–water partition coefficient (Wildman–Crippen LogP) is 4.95. The summed E-state index contributed by atoms with van der Waals surface area (Å²) < 4.78 is 44.7. The van der Waals surface area contributed by atoms with Crippen LogP contribution in [0.4, 0.5) is 18.9 Å². The number of piperidine rings is 1. The van der Waals surface area contributed by atoms with Gasteiger partial charge in [0.15, 0.2) is 0 Å². The number of carbonyl (C=O) groups excluding carboxylic acids is 2. The lowest BCUT2D eigenvalue weighted by Crippen LogP contribution is -2.47. The van der Waals surface area contributed by atoms with E-state index in [0.717, 1.165) is 30.7 Å². The maximum atomic E-state index is 14.3. The number of amides is 2. The SMILES string of the molecule is CC(=O)N1CCC(c2cccc(N3Cc4c(cc(CNC5(C)CCC5)cc4C(F)(F)F)C3=O)c2)(c2nncn2C)CC1. The first-order valence-electron chi connectivity index (χ1n) is 14.4. The molecule has 1 aromatic heterocycles. The topological polar surface area (TPSA) is 83.4 Å². The van der Waals surface area contributed by atoms with E-state index in [2.05, 4.69) is 22.4 Å². The summed E-state index contributed by atoms with van der Waals surface area (Å²) in [5.41, 5.74) is 0.574. The molecule has 0 radical (unpaired) electrons. The molecular weight excluding hydrogens is 545 g/mol. The minimum Gasteiger partial charge on any atom is -0.343 e. The van der Waals surface area contributed by atoms with E-state index in [1.54, 1.807) is 30.3 Å². The highest BCUT2D eigenvalue weighted by molar-refractivity contribution is 6.10. The van der Waals surface area contributed by atoms with Crippen LogP contribution in [0.3, 0.4) is 0 Å². The van der Waals surface area contributed by atoms with Crippen molar-refractivity contribution in [1.82, 2.24) is 25.0 Å². The van der Waals surface area contributed by atoms with E-state index in [9.17, 15) is 22.8 Å². The van der Waals surface area contributed by atoms with E-state index in [0.29, 0.717) is 37.2 Å².